The normalized spacial score (nSPS) is 18.2. The summed E-state index contributed by atoms with van der Waals surface area (Å²) in [6.45, 7) is 0.759. The van der Waals surface area contributed by atoms with Gasteiger partial charge >= 0.3 is 0 Å². The van der Waals surface area contributed by atoms with Crippen molar-refractivity contribution in [3.63, 3.8) is 0 Å². The molecule has 0 saturated heterocycles. The van der Waals surface area contributed by atoms with E-state index in [2.05, 4.69) is 10.3 Å². The minimum atomic E-state index is -0.645. The molecule has 0 saturated carbocycles. The second kappa shape index (κ2) is 8.91. The number of methoxy groups -OCH3 is 3. The molecule has 29 heavy (non-hydrogen) atoms. The van der Waals surface area contributed by atoms with Crippen LogP contribution in [-0.4, -0.2) is 63.2 Å². The molecule has 3 rings (SSSR count). The van der Waals surface area contributed by atoms with Gasteiger partial charge in [-0.25, -0.2) is 0 Å². The van der Waals surface area contributed by atoms with Gasteiger partial charge in [-0.1, -0.05) is 6.07 Å². The lowest BCUT2D eigenvalue weighted by Crippen LogP contribution is -2.46. The van der Waals surface area contributed by atoms with Crippen LogP contribution in [0, 0.1) is 0 Å². The summed E-state index contributed by atoms with van der Waals surface area (Å²) in [6.07, 6.45) is 3.33. The lowest BCUT2D eigenvalue weighted by molar-refractivity contribution is -0.124. The molecule has 0 aliphatic carbocycles. The molecule has 1 N–H and O–H groups in total. The van der Waals surface area contributed by atoms with Gasteiger partial charge in [-0.15, -0.1) is 0 Å². The Bertz CT molecular complexity index is 887. The van der Waals surface area contributed by atoms with E-state index in [9.17, 15) is 9.59 Å². The molecule has 0 spiro atoms. The van der Waals surface area contributed by atoms with E-state index in [4.69, 9.17) is 14.2 Å². The molecule has 1 aromatic heterocycles. The SMILES string of the molecule is COCCNC(=O)[C@@H]1c2cc(OC)c(OC)cc2C(=O)N(C)[C@@H]1c1cccnc1. The van der Waals surface area contributed by atoms with Crippen molar-refractivity contribution in [2.45, 2.75) is 12.0 Å². The molecule has 0 unspecified atom stereocenters. The number of likely N-dealkylation sites (N-methyl/N-ethyl adjacent to an activating group) is 1. The summed E-state index contributed by atoms with van der Waals surface area (Å²) in [7, 11) is 6.29. The van der Waals surface area contributed by atoms with Gasteiger partial charge in [0.25, 0.3) is 5.91 Å². The topological polar surface area (TPSA) is 90.0 Å². The highest BCUT2D eigenvalue weighted by Crippen LogP contribution is 2.45. The molecule has 154 valence electrons. The summed E-state index contributed by atoms with van der Waals surface area (Å²) >= 11 is 0. The molecule has 2 aromatic rings. The summed E-state index contributed by atoms with van der Waals surface area (Å²) in [5.74, 6) is -0.150. The first-order valence-corrected chi connectivity index (χ1v) is 9.23. The van der Waals surface area contributed by atoms with Gasteiger partial charge in [0, 0.05) is 38.7 Å². The van der Waals surface area contributed by atoms with Crippen LogP contribution in [0.15, 0.2) is 36.7 Å². The maximum Gasteiger partial charge on any atom is 0.254 e. The smallest absolute Gasteiger partial charge is 0.254 e. The van der Waals surface area contributed by atoms with Crippen molar-refractivity contribution in [1.82, 2.24) is 15.2 Å². The van der Waals surface area contributed by atoms with Gasteiger partial charge < -0.3 is 24.4 Å². The van der Waals surface area contributed by atoms with Gasteiger partial charge in [-0.3, -0.25) is 14.6 Å². The molecule has 2 heterocycles. The van der Waals surface area contributed by atoms with Crippen LogP contribution in [-0.2, 0) is 9.53 Å². The molecule has 1 aliphatic rings. The van der Waals surface area contributed by atoms with E-state index in [0.29, 0.717) is 35.8 Å². The second-order valence-corrected chi connectivity index (χ2v) is 6.70. The van der Waals surface area contributed by atoms with E-state index in [1.165, 1.54) is 14.2 Å². The van der Waals surface area contributed by atoms with Crippen LogP contribution in [0.5, 0.6) is 11.5 Å². The highest BCUT2D eigenvalue weighted by Gasteiger charge is 2.43. The Balaban J connectivity index is 2.15. The fourth-order valence-corrected chi connectivity index (χ4v) is 3.69. The van der Waals surface area contributed by atoms with E-state index in [0.717, 1.165) is 5.56 Å². The quantitative estimate of drug-likeness (QED) is 0.714. The van der Waals surface area contributed by atoms with E-state index in [-0.39, 0.29) is 11.8 Å². The van der Waals surface area contributed by atoms with Crippen molar-refractivity contribution in [3.05, 3.63) is 53.3 Å². The monoisotopic (exact) mass is 399 g/mol. The number of benzene rings is 1. The average molecular weight is 399 g/mol. The average Bonchev–Trinajstić information content (AvgIpc) is 2.75. The Morgan fingerprint density at radius 1 is 1.21 bits per heavy atom. The number of fused-ring (bicyclic) bond motifs is 1. The fraction of sp³-hybridized carbons (Fsp3) is 0.381. The van der Waals surface area contributed by atoms with Crippen molar-refractivity contribution < 1.29 is 23.8 Å². The lowest BCUT2D eigenvalue weighted by atomic mass is 9.79. The van der Waals surface area contributed by atoms with Gasteiger partial charge in [0.15, 0.2) is 11.5 Å². The minimum Gasteiger partial charge on any atom is -0.493 e. The molecule has 0 bridgehead atoms. The number of nitrogens with zero attached hydrogens (tertiary/aromatic N) is 2. The highest BCUT2D eigenvalue weighted by atomic mass is 16.5. The van der Waals surface area contributed by atoms with E-state index < -0.39 is 12.0 Å². The number of pyridine rings is 1. The summed E-state index contributed by atoms with van der Waals surface area (Å²) < 4.78 is 15.8. The summed E-state index contributed by atoms with van der Waals surface area (Å²) in [6, 6.07) is 6.48. The minimum absolute atomic E-state index is 0.198. The van der Waals surface area contributed by atoms with Crippen molar-refractivity contribution in [2.24, 2.45) is 0 Å². The van der Waals surface area contributed by atoms with E-state index in [1.54, 1.807) is 49.7 Å². The van der Waals surface area contributed by atoms with E-state index >= 15 is 0 Å². The van der Waals surface area contributed by atoms with Crippen LogP contribution in [0.1, 0.15) is 33.4 Å². The molecule has 2 atom stereocenters. The Kier molecular flexibility index (Phi) is 6.33. The van der Waals surface area contributed by atoms with Crippen molar-refractivity contribution in [2.75, 3.05) is 41.5 Å². The van der Waals surface area contributed by atoms with Crippen LogP contribution in [0.25, 0.3) is 0 Å². The van der Waals surface area contributed by atoms with Crippen LogP contribution in [0.3, 0.4) is 0 Å². The molecule has 1 aliphatic heterocycles. The first-order chi connectivity index (χ1) is 14.0. The third-order valence-corrected chi connectivity index (χ3v) is 5.09. The number of hydrogen-bond donors (Lipinski definition) is 1. The Morgan fingerprint density at radius 3 is 2.55 bits per heavy atom. The summed E-state index contributed by atoms with van der Waals surface area (Å²) in [4.78, 5) is 32.1. The first kappa shape index (κ1) is 20.6. The highest BCUT2D eigenvalue weighted by molar-refractivity contribution is 6.02. The van der Waals surface area contributed by atoms with Gasteiger partial charge in [0.1, 0.15) is 0 Å². The number of ether oxygens (including phenoxy) is 3. The van der Waals surface area contributed by atoms with Gasteiger partial charge in [0.2, 0.25) is 5.91 Å². The third-order valence-electron chi connectivity index (χ3n) is 5.09. The Hall–Kier alpha value is -3.13. The number of carbonyl (C=O) groups is 2. The molecule has 0 fully saturated rings. The molecule has 2 amide bonds. The molecule has 8 nitrogen and oxygen atoms in total. The number of aromatic nitrogens is 1. The van der Waals surface area contributed by atoms with Crippen LogP contribution >= 0.6 is 0 Å². The maximum absolute atomic E-state index is 13.2. The third kappa shape index (κ3) is 3.88. The largest absolute Gasteiger partial charge is 0.493 e. The molecule has 1 aromatic carbocycles. The Morgan fingerprint density at radius 2 is 1.93 bits per heavy atom. The van der Waals surface area contributed by atoms with Gasteiger partial charge in [0.05, 0.1) is 32.8 Å². The zero-order chi connectivity index (χ0) is 21.0. The summed E-state index contributed by atoms with van der Waals surface area (Å²) in [5, 5.41) is 2.90. The number of nitrogens with one attached hydrogen (secondary N) is 1. The van der Waals surface area contributed by atoms with Crippen LogP contribution in [0.2, 0.25) is 0 Å². The van der Waals surface area contributed by atoms with Crippen LogP contribution in [0.4, 0.5) is 0 Å². The molecular formula is C21H25N3O5. The lowest BCUT2D eigenvalue weighted by Gasteiger charge is -2.39. The zero-order valence-corrected chi connectivity index (χ0v) is 17.0. The maximum atomic E-state index is 13.2. The standard InChI is InChI=1S/C21H25N3O5/c1-24-19(13-6-5-7-22-12-13)18(20(25)23-8-9-27-2)14-10-16(28-3)17(29-4)11-15(14)21(24)26/h5-7,10-12,18-19H,8-9H2,1-4H3,(H,23,25)/t18-,19-/m1/s1. The summed E-state index contributed by atoms with van der Waals surface area (Å²) in [5.41, 5.74) is 1.78. The fourth-order valence-electron chi connectivity index (χ4n) is 3.69. The molecule has 8 heteroatoms. The van der Waals surface area contributed by atoms with Crippen molar-refractivity contribution >= 4 is 11.8 Å². The van der Waals surface area contributed by atoms with Gasteiger partial charge in [-0.2, -0.15) is 0 Å². The second-order valence-electron chi connectivity index (χ2n) is 6.70. The first-order valence-electron chi connectivity index (χ1n) is 9.23. The number of carbonyl (C=O) groups excluding carboxylic acids is 2. The number of amides is 2. The van der Waals surface area contributed by atoms with Crippen LogP contribution < -0.4 is 14.8 Å². The van der Waals surface area contributed by atoms with Crippen molar-refractivity contribution in [3.8, 4) is 11.5 Å². The number of hydrogen-bond acceptors (Lipinski definition) is 6. The molecular weight excluding hydrogens is 374 g/mol. The zero-order valence-electron chi connectivity index (χ0n) is 17.0. The predicted molar refractivity (Wildman–Crippen MR) is 106 cm³/mol. The molecule has 0 radical (unpaired) electrons. The van der Waals surface area contributed by atoms with Gasteiger partial charge in [-0.05, 0) is 29.3 Å². The Labute approximate surface area is 169 Å². The predicted octanol–water partition coefficient (Wildman–Crippen LogP) is 1.77. The number of rotatable bonds is 7. The van der Waals surface area contributed by atoms with E-state index in [1.807, 2.05) is 6.07 Å². The van der Waals surface area contributed by atoms with Crippen molar-refractivity contribution in [1.29, 1.82) is 0 Å².